The zero-order chi connectivity index (χ0) is 15.5. The van der Waals surface area contributed by atoms with Gasteiger partial charge < -0.3 is 15.2 Å². The van der Waals surface area contributed by atoms with Crippen molar-refractivity contribution < 1.29 is 9.84 Å². The van der Waals surface area contributed by atoms with Crippen LogP contribution in [-0.2, 0) is 6.42 Å². The molecule has 0 amide bonds. The van der Waals surface area contributed by atoms with Crippen molar-refractivity contribution in [1.82, 2.24) is 0 Å². The van der Waals surface area contributed by atoms with Gasteiger partial charge in [-0.15, -0.1) is 0 Å². The van der Waals surface area contributed by atoms with Gasteiger partial charge in [-0.1, -0.05) is 36.4 Å². The highest BCUT2D eigenvalue weighted by Gasteiger charge is 1.98. The monoisotopic (exact) mass is 299 g/mol. The third-order valence-corrected chi connectivity index (χ3v) is 3.47. The van der Waals surface area contributed by atoms with Gasteiger partial charge in [-0.2, -0.15) is 0 Å². The lowest BCUT2D eigenvalue weighted by molar-refractivity contribution is 0.286. The van der Waals surface area contributed by atoms with E-state index in [0.717, 1.165) is 50.3 Å². The molecular formula is C19H25NO2. The van der Waals surface area contributed by atoms with Crippen molar-refractivity contribution in [3.63, 3.8) is 0 Å². The van der Waals surface area contributed by atoms with E-state index in [4.69, 9.17) is 9.84 Å². The van der Waals surface area contributed by atoms with Gasteiger partial charge in [-0.3, -0.25) is 0 Å². The molecule has 2 aromatic rings. The van der Waals surface area contributed by atoms with Crippen LogP contribution in [0.3, 0.4) is 0 Å². The highest BCUT2D eigenvalue weighted by molar-refractivity contribution is 5.48. The minimum absolute atomic E-state index is 0.256. The van der Waals surface area contributed by atoms with Gasteiger partial charge in [0.1, 0.15) is 5.75 Å². The Morgan fingerprint density at radius 1 is 0.909 bits per heavy atom. The van der Waals surface area contributed by atoms with E-state index in [1.807, 2.05) is 30.3 Å². The molecule has 0 fully saturated rings. The molecule has 0 atom stereocenters. The van der Waals surface area contributed by atoms with Crippen molar-refractivity contribution in [2.75, 3.05) is 25.1 Å². The molecular weight excluding hydrogens is 274 g/mol. The van der Waals surface area contributed by atoms with Gasteiger partial charge >= 0.3 is 0 Å². The van der Waals surface area contributed by atoms with Crippen LogP contribution >= 0.6 is 0 Å². The largest absolute Gasteiger partial charge is 0.494 e. The van der Waals surface area contributed by atoms with Crippen LogP contribution in [0.1, 0.15) is 24.8 Å². The molecule has 0 aliphatic rings. The number of aliphatic hydroxyl groups is 1. The summed E-state index contributed by atoms with van der Waals surface area (Å²) in [6.45, 7) is 1.85. The summed E-state index contributed by atoms with van der Waals surface area (Å²) < 4.78 is 5.82. The molecule has 0 aliphatic heterocycles. The van der Waals surface area contributed by atoms with E-state index in [-0.39, 0.29) is 6.61 Å². The lowest BCUT2D eigenvalue weighted by Crippen LogP contribution is -2.03. The first-order valence-corrected chi connectivity index (χ1v) is 8.00. The molecule has 0 heterocycles. The summed E-state index contributed by atoms with van der Waals surface area (Å²) >= 11 is 0. The van der Waals surface area contributed by atoms with Crippen molar-refractivity contribution in [2.24, 2.45) is 0 Å². The van der Waals surface area contributed by atoms with Crippen LogP contribution < -0.4 is 10.1 Å². The summed E-state index contributed by atoms with van der Waals surface area (Å²) in [4.78, 5) is 0. The molecule has 0 spiro atoms. The average Bonchev–Trinajstić information content (AvgIpc) is 2.57. The van der Waals surface area contributed by atoms with Crippen LogP contribution in [0.25, 0.3) is 0 Å². The third kappa shape index (κ3) is 6.19. The van der Waals surface area contributed by atoms with Gasteiger partial charge in [0, 0.05) is 24.9 Å². The Morgan fingerprint density at radius 3 is 2.59 bits per heavy atom. The van der Waals surface area contributed by atoms with Crippen molar-refractivity contribution >= 4 is 5.69 Å². The first-order chi connectivity index (χ1) is 10.9. The first-order valence-electron chi connectivity index (χ1n) is 8.00. The minimum atomic E-state index is 0.256. The molecule has 2 rings (SSSR count). The van der Waals surface area contributed by atoms with Gasteiger partial charge in [-0.25, -0.2) is 0 Å². The standard InChI is InChI=1S/C19H25NO2/c21-14-5-4-13-20-18-11-6-12-19(16-18)22-15-7-10-17-8-2-1-3-9-17/h1-3,6,8-9,11-12,16,20-21H,4-5,7,10,13-15H2. The number of ether oxygens (including phenoxy) is 1. The zero-order valence-electron chi connectivity index (χ0n) is 13.0. The van der Waals surface area contributed by atoms with Gasteiger partial charge in [0.05, 0.1) is 6.61 Å². The second-order valence-corrected chi connectivity index (χ2v) is 5.32. The SMILES string of the molecule is OCCCCNc1cccc(OCCCc2ccccc2)c1. The number of hydrogen-bond acceptors (Lipinski definition) is 3. The predicted octanol–water partition coefficient (Wildman–Crippen LogP) is 3.88. The Balaban J connectivity index is 1.69. The maximum Gasteiger partial charge on any atom is 0.121 e. The van der Waals surface area contributed by atoms with E-state index in [9.17, 15) is 0 Å². The van der Waals surface area contributed by atoms with Crippen LogP contribution in [0.2, 0.25) is 0 Å². The Labute approximate surface area is 133 Å². The number of hydrogen-bond donors (Lipinski definition) is 2. The van der Waals surface area contributed by atoms with Crippen LogP contribution in [0, 0.1) is 0 Å². The fourth-order valence-corrected chi connectivity index (χ4v) is 2.28. The number of aryl methyl sites for hydroxylation is 1. The molecule has 0 unspecified atom stereocenters. The van der Waals surface area contributed by atoms with Gasteiger partial charge in [0.2, 0.25) is 0 Å². The Bertz CT molecular complexity index is 528. The van der Waals surface area contributed by atoms with Crippen LogP contribution in [0.4, 0.5) is 5.69 Å². The minimum Gasteiger partial charge on any atom is -0.494 e. The van der Waals surface area contributed by atoms with Gasteiger partial charge in [0.25, 0.3) is 0 Å². The predicted molar refractivity (Wildman–Crippen MR) is 91.5 cm³/mol. The quantitative estimate of drug-likeness (QED) is 0.654. The molecule has 0 aliphatic carbocycles. The summed E-state index contributed by atoms with van der Waals surface area (Å²) in [6, 6.07) is 18.5. The van der Waals surface area contributed by atoms with E-state index in [0.29, 0.717) is 0 Å². The molecule has 0 radical (unpaired) electrons. The second-order valence-electron chi connectivity index (χ2n) is 5.32. The van der Waals surface area contributed by atoms with Crippen LogP contribution in [-0.4, -0.2) is 24.9 Å². The van der Waals surface area contributed by atoms with E-state index in [2.05, 4.69) is 29.6 Å². The van der Waals surface area contributed by atoms with Crippen LogP contribution in [0.5, 0.6) is 5.75 Å². The Kier molecular flexibility index (Phi) is 7.33. The first kappa shape index (κ1) is 16.4. The van der Waals surface area contributed by atoms with Gasteiger partial charge in [-0.05, 0) is 43.4 Å². The van der Waals surface area contributed by atoms with Crippen molar-refractivity contribution in [2.45, 2.75) is 25.7 Å². The zero-order valence-corrected chi connectivity index (χ0v) is 13.0. The molecule has 2 N–H and O–H groups in total. The molecule has 2 aromatic carbocycles. The molecule has 22 heavy (non-hydrogen) atoms. The Hall–Kier alpha value is -2.00. The van der Waals surface area contributed by atoms with E-state index in [1.165, 1.54) is 5.56 Å². The number of anilines is 1. The summed E-state index contributed by atoms with van der Waals surface area (Å²) in [5.41, 5.74) is 2.42. The summed E-state index contributed by atoms with van der Waals surface area (Å²) in [5.74, 6) is 0.903. The molecule has 0 saturated heterocycles. The maximum atomic E-state index is 8.76. The van der Waals surface area contributed by atoms with Crippen LogP contribution in [0.15, 0.2) is 54.6 Å². The summed E-state index contributed by atoms with van der Waals surface area (Å²) in [5, 5.41) is 12.1. The number of benzene rings is 2. The molecule has 0 aromatic heterocycles. The van der Waals surface area contributed by atoms with Gasteiger partial charge in [0.15, 0.2) is 0 Å². The van der Waals surface area contributed by atoms with E-state index < -0.39 is 0 Å². The lowest BCUT2D eigenvalue weighted by Gasteiger charge is -2.10. The lowest BCUT2D eigenvalue weighted by atomic mass is 10.1. The van der Waals surface area contributed by atoms with E-state index >= 15 is 0 Å². The number of aliphatic hydroxyl groups excluding tert-OH is 1. The summed E-state index contributed by atoms with van der Waals surface area (Å²) in [7, 11) is 0. The average molecular weight is 299 g/mol. The second kappa shape index (κ2) is 9.85. The molecule has 118 valence electrons. The molecule has 3 nitrogen and oxygen atoms in total. The maximum absolute atomic E-state index is 8.76. The highest BCUT2D eigenvalue weighted by Crippen LogP contribution is 2.17. The van der Waals surface area contributed by atoms with Crippen molar-refractivity contribution in [3.8, 4) is 5.75 Å². The molecule has 0 saturated carbocycles. The number of rotatable bonds is 10. The number of nitrogens with one attached hydrogen (secondary N) is 1. The van der Waals surface area contributed by atoms with E-state index in [1.54, 1.807) is 0 Å². The Morgan fingerprint density at radius 2 is 1.77 bits per heavy atom. The smallest absolute Gasteiger partial charge is 0.121 e. The summed E-state index contributed by atoms with van der Waals surface area (Å²) in [6.07, 6.45) is 3.86. The fourth-order valence-electron chi connectivity index (χ4n) is 2.28. The molecule has 3 heteroatoms. The van der Waals surface area contributed by atoms with Crippen molar-refractivity contribution in [1.29, 1.82) is 0 Å². The highest BCUT2D eigenvalue weighted by atomic mass is 16.5. The van der Waals surface area contributed by atoms with Crippen molar-refractivity contribution in [3.05, 3.63) is 60.2 Å². The normalized spacial score (nSPS) is 10.4. The third-order valence-electron chi connectivity index (χ3n) is 3.47. The fraction of sp³-hybridized carbons (Fsp3) is 0.368. The topological polar surface area (TPSA) is 41.5 Å². The molecule has 0 bridgehead atoms. The number of unbranched alkanes of at least 4 members (excludes halogenated alkanes) is 1.